The Kier molecular flexibility index (Phi) is 4.08. The highest BCUT2D eigenvalue weighted by atomic mass is 35.5. The molecule has 3 aromatic rings. The number of aromatic nitrogens is 3. The average molecular weight is 355 g/mol. The third-order valence-corrected chi connectivity index (χ3v) is 5.13. The van der Waals surface area contributed by atoms with Crippen molar-refractivity contribution in [2.45, 2.75) is 13.5 Å². The van der Waals surface area contributed by atoms with Gasteiger partial charge < -0.3 is 4.57 Å². The first-order valence-electron chi connectivity index (χ1n) is 6.57. The minimum atomic E-state index is -0.378. The summed E-state index contributed by atoms with van der Waals surface area (Å²) in [6, 6.07) is 5.26. The monoisotopic (exact) mass is 354 g/mol. The zero-order valence-electron chi connectivity index (χ0n) is 11.9. The van der Waals surface area contributed by atoms with Crippen LogP contribution in [0.5, 0.6) is 0 Å². The van der Waals surface area contributed by atoms with Gasteiger partial charge in [0.15, 0.2) is 10.5 Å². The minimum Gasteiger partial charge on any atom is -0.318 e. The van der Waals surface area contributed by atoms with E-state index in [0.717, 1.165) is 10.2 Å². The van der Waals surface area contributed by atoms with E-state index in [4.69, 9.17) is 23.2 Å². The van der Waals surface area contributed by atoms with E-state index in [1.54, 1.807) is 34.6 Å². The maximum atomic E-state index is 12.2. The van der Waals surface area contributed by atoms with Crippen LogP contribution in [0.25, 0.3) is 10.2 Å². The molecule has 3 rings (SSSR count). The molecule has 0 aliphatic heterocycles. The Morgan fingerprint density at radius 2 is 2.14 bits per heavy atom. The predicted molar refractivity (Wildman–Crippen MR) is 88.6 cm³/mol. The lowest BCUT2D eigenvalue weighted by atomic mass is 10.3. The van der Waals surface area contributed by atoms with E-state index in [-0.39, 0.29) is 5.91 Å². The Bertz CT molecular complexity index is 938. The van der Waals surface area contributed by atoms with Crippen LogP contribution in [0.3, 0.4) is 0 Å². The number of rotatable bonds is 2. The maximum absolute atomic E-state index is 12.2. The molecule has 114 valence electrons. The van der Waals surface area contributed by atoms with Crippen molar-refractivity contribution < 1.29 is 4.79 Å². The first-order chi connectivity index (χ1) is 10.5. The van der Waals surface area contributed by atoms with E-state index in [2.05, 4.69) is 10.1 Å². The first kappa shape index (κ1) is 15.3. The summed E-state index contributed by atoms with van der Waals surface area (Å²) in [5.74, 6) is -0.378. The highest BCUT2D eigenvalue weighted by Crippen LogP contribution is 2.31. The van der Waals surface area contributed by atoms with Crippen LogP contribution in [0.15, 0.2) is 29.4 Å². The molecule has 0 fully saturated rings. The summed E-state index contributed by atoms with van der Waals surface area (Å²) in [6.45, 7) is 2.66. The van der Waals surface area contributed by atoms with Crippen molar-refractivity contribution in [3.63, 3.8) is 0 Å². The number of hydrogen-bond acceptors (Lipinski definition) is 3. The van der Waals surface area contributed by atoms with Gasteiger partial charge in [0.2, 0.25) is 0 Å². The minimum absolute atomic E-state index is 0.323. The van der Waals surface area contributed by atoms with Crippen molar-refractivity contribution in [3.8, 4) is 0 Å². The molecule has 8 heteroatoms. The second-order valence-corrected chi connectivity index (χ2v) is 6.42. The molecule has 22 heavy (non-hydrogen) atoms. The van der Waals surface area contributed by atoms with Crippen LogP contribution >= 0.6 is 34.5 Å². The van der Waals surface area contributed by atoms with Gasteiger partial charge in [0.25, 0.3) is 5.91 Å². The smallest absolute Gasteiger partial charge is 0.300 e. The summed E-state index contributed by atoms with van der Waals surface area (Å²) in [7, 11) is 1.80. The molecule has 1 aromatic carbocycles. The number of carbonyl (C=O) groups excluding carboxylic acids is 1. The van der Waals surface area contributed by atoms with Crippen molar-refractivity contribution in [1.29, 1.82) is 0 Å². The van der Waals surface area contributed by atoms with Crippen molar-refractivity contribution in [3.05, 3.63) is 44.9 Å². The molecule has 0 atom stereocenters. The SMILES string of the molecule is CCn1ccc(C(=O)N=c2sc3ccc(Cl)c(Cl)c3n2C)n1. The fourth-order valence-corrected chi connectivity index (χ4v) is 3.60. The zero-order chi connectivity index (χ0) is 15.9. The zero-order valence-corrected chi connectivity index (χ0v) is 14.2. The molecule has 5 nitrogen and oxygen atoms in total. The van der Waals surface area contributed by atoms with Crippen molar-refractivity contribution >= 4 is 50.7 Å². The molecule has 0 N–H and O–H groups in total. The molecule has 0 spiro atoms. The number of nitrogens with zero attached hydrogens (tertiary/aromatic N) is 4. The van der Waals surface area contributed by atoms with E-state index in [1.165, 1.54) is 11.3 Å². The largest absolute Gasteiger partial charge is 0.318 e. The van der Waals surface area contributed by atoms with Gasteiger partial charge in [-0.25, -0.2) is 0 Å². The Morgan fingerprint density at radius 3 is 2.82 bits per heavy atom. The van der Waals surface area contributed by atoms with Crippen LogP contribution < -0.4 is 4.80 Å². The van der Waals surface area contributed by atoms with Gasteiger partial charge in [-0.1, -0.05) is 34.5 Å². The van der Waals surface area contributed by atoms with E-state index >= 15 is 0 Å². The highest BCUT2D eigenvalue weighted by Gasteiger charge is 2.12. The predicted octanol–water partition coefficient (Wildman–Crippen LogP) is 3.50. The summed E-state index contributed by atoms with van der Waals surface area (Å²) < 4.78 is 4.37. The van der Waals surface area contributed by atoms with E-state index in [9.17, 15) is 4.79 Å². The van der Waals surface area contributed by atoms with E-state index < -0.39 is 0 Å². The highest BCUT2D eigenvalue weighted by molar-refractivity contribution is 7.16. The van der Waals surface area contributed by atoms with Crippen LogP contribution in [0.1, 0.15) is 17.4 Å². The molecule has 0 saturated carbocycles. The second-order valence-electron chi connectivity index (χ2n) is 4.63. The quantitative estimate of drug-likeness (QED) is 0.706. The molecule has 2 aromatic heterocycles. The Balaban J connectivity index is 2.11. The lowest BCUT2D eigenvalue weighted by Gasteiger charge is -2.00. The third-order valence-electron chi connectivity index (χ3n) is 3.24. The van der Waals surface area contributed by atoms with Gasteiger partial charge >= 0.3 is 0 Å². The summed E-state index contributed by atoms with van der Waals surface area (Å²) >= 11 is 13.7. The van der Waals surface area contributed by atoms with E-state index in [1.807, 2.05) is 13.0 Å². The van der Waals surface area contributed by atoms with Gasteiger partial charge in [-0.2, -0.15) is 10.1 Å². The van der Waals surface area contributed by atoms with Gasteiger partial charge in [0, 0.05) is 19.8 Å². The van der Waals surface area contributed by atoms with Gasteiger partial charge in [0.1, 0.15) is 0 Å². The molecular formula is C14H12Cl2N4OS. The molecule has 0 bridgehead atoms. The lowest BCUT2D eigenvalue weighted by Crippen LogP contribution is -2.14. The summed E-state index contributed by atoms with van der Waals surface area (Å²) in [5.41, 5.74) is 1.09. The number of amides is 1. The molecule has 0 saturated heterocycles. The molecule has 0 aliphatic rings. The maximum Gasteiger partial charge on any atom is 0.300 e. The summed E-state index contributed by atoms with van der Waals surface area (Å²) in [5, 5.41) is 5.10. The molecule has 0 radical (unpaired) electrons. The number of thiazole rings is 1. The fourth-order valence-electron chi connectivity index (χ4n) is 2.07. The molecule has 0 unspecified atom stereocenters. The fraction of sp³-hybridized carbons (Fsp3) is 0.214. The lowest BCUT2D eigenvalue weighted by molar-refractivity contribution is 0.0992. The third kappa shape index (κ3) is 2.58. The molecular weight excluding hydrogens is 343 g/mol. The molecule has 2 heterocycles. The number of carbonyl (C=O) groups is 1. The van der Waals surface area contributed by atoms with Crippen LogP contribution in [0.4, 0.5) is 0 Å². The van der Waals surface area contributed by atoms with Crippen LogP contribution in [0.2, 0.25) is 10.0 Å². The van der Waals surface area contributed by atoms with Gasteiger partial charge in [-0.3, -0.25) is 9.48 Å². The van der Waals surface area contributed by atoms with Gasteiger partial charge in [-0.05, 0) is 25.1 Å². The van der Waals surface area contributed by atoms with E-state index in [0.29, 0.717) is 27.1 Å². The van der Waals surface area contributed by atoms with Crippen LogP contribution in [-0.4, -0.2) is 20.3 Å². The summed E-state index contributed by atoms with van der Waals surface area (Å²) in [4.78, 5) is 16.9. The number of hydrogen-bond donors (Lipinski definition) is 0. The Labute approximate surface area is 140 Å². The Hall–Kier alpha value is -1.63. The van der Waals surface area contributed by atoms with Crippen molar-refractivity contribution in [2.75, 3.05) is 0 Å². The van der Waals surface area contributed by atoms with Crippen molar-refractivity contribution in [1.82, 2.24) is 14.3 Å². The average Bonchev–Trinajstić information content (AvgIpc) is 3.09. The van der Waals surface area contributed by atoms with Gasteiger partial charge in [0.05, 0.1) is 20.3 Å². The number of halogens is 2. The van der Waals surface area contributed by atoms with Crippen molar-refractivity contribution in [2.24, 2.45) is 12.0 Å². The summed E-state index contributed by atoms with van der Waals surface area (Å²) in [6.07, 6.45) is 1.75. The topological polar surface area (TPSA) is 52.2 Å². The molecule has 1 amide bonds. The number of fused-ring (bicyclic) bond motifs is 1. The standard InChI is InChI=1S/C14H12Cl2N4OS/c1-3-20-7-6-9(18-20)13(21)17-14-19(2)12-10(22-14)5-4-8(15)11(12)16/h4-7H,3H2,1-2H3. The molecule has 0 aliphatic carbocycles. The van der Waals surface area contributed by atoms with Crippen LogP contribution in [0, 0.1) is 0 Å². The van der Waals surface area contributed by atoms with Gasteiger partial charge in [-0.15, -0.1) is 0 Å². The number of benzene rings is 1. The van der Waals surface area contributed by atoms with Crippen LogP contribution in [-0.2, 0) is 13.6 Å². The first-order valence-corrected chi connectivity index (χ1v) is 8.14. The normalized spacial score (nSPS) is 12.3. The Morgan fingerprint density at radius 1 is 1.36 bits per heavy atom. The second kappa shape index (κ2) is 5.87. The number of aryl methyl sites for hydroxylation is 2.